The Kier molecular flexibility index (Phi) is 6.81. The fourth-order valence-corrected chi connectivity index (χ4v) is 2.95. The minimum Gasteiger partial charge on any atom is -0.445 e. The summed E-state index contributed by atoms with van der Waals surface area (Å²) in [4.78, 5) is 14.4. The Morgan fingerprint density at radius 3 is 1.86 bits per heavy atom. The maximum absolute atomic E-state index is 12.9. The van der Waals surface area contributed by atoms with Gasteiger partial charge in [-0.3, -0.25) is 4.90 Å². The van der Waals surface area contributed by atoms with E-state index in [1.54, 1.807) is 0 Å². The van der Waals surface area contributed by atoms with Gasteiger partial charge < -0.3 is 4.74 Å². The van der Waals surface area contributed by atoms with E-state index in [9.17, 15) is 10.1 Å². The molecule has 0 saturated carbocycles. The third-order valence-corrected chi connectivity index (χ3v) is 4.43. The molecule has 0 aliphatic carbocycles. The molecule has 140 valence electrons. The van der Waals surface area contributed by atoms with Crippen molar-refractivity contribution in [3.8, 4) is 6.07 Å². The van der Waals surface area contributed by atoms with Crippen molar-refractivity contribution in [1.82, 2.24) is 4.90 Å². The Morgan fingerprint density at radius 1 is 0.821 bits per heavy atom. The molecule has 1 amide bonds. The van der Waals surface area contributed by atoms with Gasteiger partial charge in [0.05, 0.1) is 12.6 Å². The van der Waals surface area contributed by atoms with Crippen LogP contribution in [0.1, 0.15) is 16.7 Å². The number of nitrogens with zero attached hydrogens (tertiary/aromatic N) is 2. The molecule has 0 unspecified atom stereocenters. The van der Waals surface area contributed by atoms with Crippen LogP contribution in [0.15, 0.2) is 91.0 Å². The highest BCUT2D eigenvalue weighted by atomic mass is 16.6. The van der Waals surface area contributed by atoms with Gasteiger partial charge in [0.1, 0.15) is 12.6 Å². The molecular formula is C24H22N2O2. The van der Waals surface area contributed by atoms with Crippen molar-refractivity contribution < 1.29 is 9.53 Å². The minimum absolute atomic E-state index is 0.175. The van der Waals surface area contributed by atoms with Crippen LogP contribution in [0, 0.1) is 11.3 Å². The van der Waals surface area contributed by atoms with E-state index >= 15 is 0 Å². The summed E-state index contributed by atoms with van der Waals surface area (Å²) in [5.41, 5.74) is 2.86. The summed E-state index contributed by atoms with van der Waals surface area (Å²) in [6.45, 7) is 0.494. The minimum atomic E-state index is -0.620. The summed E-state index contributed by atoms with van der Waals surface area (Å²) >= 11 is 0. The lowest BCUT2D eigenvalue weighted by Crippen LogP contribution is -2.40. The third kappa shape index (κ3) is 5.46. The molecule has 0 heterocycles. The number of amides is 1. The Labute approximate surface area is 165 Å². The standard InChI is InChI=1S/C24H22N2O2/c25-17-23(16-20-10-4-1-5-11-20)26(18-21-12-6-2-7-13-21)24(27)28-19-22-14-8-3-9-15-22/h1-15,23H,16,18-19H2/t23-/m0/s1. The van der Waals surface area contributed by atoms with E-state index in [1.165, 1.54) is 4.90 Å². The molecule has 3 aromatic rings. The molecular weight excluding hydrogens is 348 g/mol. The third-order valence-electron chi connectivity index (χ3n) is 4.43. The topological polar surface area (TPSA) is 53.3 Å². The summed E-state index contributed by atoms with van der Waals surface area (Å²) in [7, 11) is 0. The van der Waals surface area contributed by atoms with Crippen LogP contribution in [0.3, 0.4) is 0 Å². The zero-order valence-corrected chi connectivity index (χ0v) is 15.6. The zero-order valence-electron chi connectivity index (χ0n) is 15.6. The molecule has 0 spiro atoms. The molecule has 0 aliphatic heterocycles. The van der Waals surface area contributed by atoms with Crippen molar-refractivity contribution in [2.45, 2.75) is 25.6 Å². The van der Waals surface area contributed by atoms with Crippen molar-refractivity contribution in [3.05, 3.63) is 108 Å². The number of rotatable bonds is 7. The molecule has 3 aromatic carbocycles. The Balaban J connectivity index is 1.76. The first kappa shape index (κ1) is 19.2. The van der Waals surface area contributed by atoms with E-state index in [0.29, 0.717) is 13.0 Å². The van der Waals surface area contributed by atoms with E-state index in [4.69, 9.17) is 4.74 Å². The highest BCUT2D eigenvalue weighted by Crippen LogP contribution is 2.15. The van der Waals surface area contributed by atoms with E-state index in [2.05, 4.69) is 6.07 Å². The van der Waals surface area contributed by atoms with Gasteiger partial charge >= 0.3 is 6.09 Å². The maximum Gasteiger partial charge on any atom is 0.411 e. The van der Waals surface area contributed by atoms with Gasteiger partial charge in [0.15, 0.2) is 0 Å². The molecule has 0 radical (unpaired) electrons. The van der Waals surface area contributed by atoms with Gasteiger partial charge in [-0.25, -0.2) is 4.79 Å². The van der Waals surface area contributed by atoms with Crippen LogP contribution in [0.5, 0.6) is 0 Å². The normalized spacial score (nSPS) is 11.2. The molecule has 0 aromatic heterocycles. The number of carbonyl (C=O) groups is 1. The fourth-order valence-electron chi connectivity index (χ4n) is 2.95. The summed E-state index contributed by atoms with van der Waals surface area (Å²) in [5.74, 6) is 0. The molecule has 0 saturated heterocycles. The van der Waals surface area contributed by atoms with Crippen molar-refractivity contribution in [2.24, 2.45) is 0 Å². The van der Waals surface area contributed by atoms with Crippen LogP contribution in [0.2, 0.25) is 0 Å². The smallest absolute Gasteiger partial charge is 0.411 e. The number of hydrogen-bond donors (Lipinski definition) is 0. The highest BCUT2D eigenvalue weighted by Gasteiger charge is 2.25. The fraction of sp³-hybridized carbons (Fsp3) is 0.167. The summed E-state index contributed by atoms with van der Waals surface area (Å²) in [6.07, 6.45) is -0.0415. The van der Waals surface area contributed by atoms with Crippen molar-refractivity contribution in [1.29, 1.82) is 5.26 Å². The van der Waals surface area contributed by atoms with Gasteiger partial charge in [-0.05, 0) is 16.7 Å². The molecule has 3 rings (SSSR count). The second kappa shape index (κ2) is 9.94. The first-order valence-corrected chi connectivity index (χ1v) is 9.21. The van der Waals surface area contributed by atoms with Crippen LogP contribution < -0.4 is 0 Å². The van der Waals surface area contributed by atoms with E-state index < -0.39 is 12.1 Å². The van der Waals surface area contributed by atoms with E-state index in [0.717, 1.165) is 16.7 Å². The highest BCUT2D eigenvalue weighted by molar-refractivity contribution is 5.68. The first-order valence-electron chi connectivity index (χ1n) is 9.21. The predicted molar refractivity (Wildman–Crippen MR) is 108 cm³/mol. The monoisotopic (exact) mass is 370 g/mol. The lowest BCUT2D eigenvalue weighted by molar-refractivity contribution is 0.0853. The predicted octanol–water partition coefficient (Wildman–Crippen LogP) is 4.96. The number of nitriles is 1. The van der Waals surface area contributed by atoms with Crippen LogP contribution in [0.25, 0.3) is 0 Å². The number of hydrogen-bond acceptors (Lipinski definition) is 3. The number of carbonyl (C=O) groups excluding carboxylic acids is 1. The molecule has 1 atom stereocenters. The van der Waals surface area contributed by atoms with E-state index in [-0.39, 0.29) is 6.61 Å². The second-order valence-electron chi connectivity index (χ2n) is 6.49. The lowest BCUT2D eigenvalue weighted by atomic mass is 10.1. The van der Waals surface area contributed by atoms with Crippen molar-refractivity contribution in [2.75, 3.05) is 0 Å². The second-order valence-corrected chi connectivity index (χ2v) is 6.49. The average molecular weight is 370 g/mol. The van der Waals surface area contributed by atoms with Gasteiger partial charge in [0, 0.05) is 6.42 Å². The quantitative estimate of drug-likeness (QED) is 0.591. The van der Waals surface area contributed by atoms with Gasteiger partial charge in [0.2, 0.25) is 0 Å². The molecule has 28 heavy (non-hydrogen) atoms. The summed E-state index contributed by atoms with van der Waals surface area (Å²) in [6, 6.07) is 30.5. The summed E-state index contributed by atoms with van der Waals surface area (Å²) < 4.78 is 5.52. The number of benzene rings is 3. The lowest BCUT2D eigenvalue weighted by Gasteiger charge is -2.27. The molecule has 0 N–H and O–H groups in total. The first-order chi connectivity index (χ1) is 13.8. The van der Waals surface area contributed by atoms with Gasteiger partial charge in [0.25, 0.3) is 0 Å². The Morgan fingerprint density at radius 2 is 1.32 bits per heavy atom. The molecule has 4 nitrogen and oxygen atoms in total. The van der Waals surface area contributed by atoms with Crippen LogP contribution in [-0.2, 0) is 24.3 Å². The maximum atomic E-state index is 12.9. The van der Waals surface area contributed by atoms with E-state index in [1.807, 2.05) is 91.0 Å². The summed E-state index contributed by atoms with van der Waals surface area (Å²) in [5, 5.41) is 9.77. The molecule has 0 bridgehead atoms. The molecule has 0 fully saturated rings. The Bertz CT molecular complexity index is 906. The van der Waals surface area contributed by atoms with Crippen LogP contribution in [0.4, 0.5) is 4.79 Å². The van der Waals surface area contributed by atoms with Crippen LogP contribution in [-0.4, -0.2) is 17.0 Å². The van der Waals surface area contributed by atoms with Gasteiger partial charge in [-0.15, -0.1) is 0 Å². The molecule has 4 heteroatoms. The van der Waals surface area contributed by atoms with Crippen molar-refractivity contribution >= 4 is 6.09 Å². The average Bonchev–Trinajstić information content (AvgIpc) is 2.76. The molecule has 0 aliphatic rings. The zero-order chi connectivity index (χ0) is 19.6. The van der Waals surface area contributed by atoms with Crippen LogP contribution >= 0.6 is 0 Å². The van der Waals surface area contributed by atoms with Gasteiger partial charge in [-0.1, -0.05) is 91.0 Å². The largest absolute Gasteiger partial charge is 0.445 e. The SMILES string of the molecule is N#C[C@H](Cc1ccccc1)N(Cc1ccccc1)C(=O)OCc1ccccc1. The Hall–Kier alpha value is -3.58. The number of ether oxygens (including phenoxy) is 1. The van der Waals surface area contributed by atoms with Gasteiger partial charge in [-0.2, -0.15) is 5.26 Å². The van der Waals surface area contributed by atoms with Crippen molar-refractivity contribution in [3.63, 3.8) is 0 Å².